The number of hydrogen-bond acceptors (Lipinski definition) is 4. The molecule has 4 rings (SSSR count). The SMILES string of the molecule is Cc1ccc(S(=O)(=O)N2c3ccccc3OP2(=S)c2ccccc2)cc1. The van der Waals surface area contributed by atoms with Gasteiger partial charge in [-0.15, -0.1) is 0 Å². The molecule has 0 saturated heterocycles. The van der Waals surface area contributed by atoms with Gasteiger partial charge in [0.2, 0.25) is 6.42 Å². The molecule has 0 fully saturated rings. The number of rotatable bonds is 3. The molecule has 3 aromatic rings. The minimum atomic E-state index is -3.87. The second-order valence-electron chi connectivity index (χ2n) is 5.98. The third-order valence-corrected chi connectivity index (χ3v) is 10.8. The summed E-state index contributed by atoms with van der Waals surface area (Å²) in [6.45, 7) is 1.92. The molecule has 1 aliphatic rings. The summed E-state index contributed by atoms with van der Waals surface area (Å²) in [5, 5.41) is 0.696. The highest BCUT2D eigenvalue weighted by molar-refractivity contribution is 8.22. The summed E-state index contributed by atoms with van der Waals surface area (Å²) < 4.78 is 34.4. The fraction of sp³-hybridized carbons (Fsp3) is 0.0526. The summed E-state index contributed by atoms with van der Waals surface area (Å²) in [7, 11) is -3.87. The van der Waals surface area contributed by atoms with E-state index in [2.05, 4.69) is 0 Å². The Bertz CT molecular complexity index is 1110. The van der Waals surface area contributed by atoms with Gasteiger partial charge in [-0.2, -0.15) is 4.08 Å². The van der Waals surface area contributed by atoms with Crippen LogP contribution in [0.3, 0.4) is 0 Å². The molecule has 0 saturated carbocycles. The summed E-state index contributed by atoms with van der Waals surface area (Å²) in [4.78, 5) is 0.202. The monoisotopic (exact) mass is 401 g/mol. The van der Waals surface area contributed by atoms with Crippen molar-refractivity contribution in [2.24, 2.45) is 0 Å². The van der Waals surface area contributed by atoms with Crippen LogP contribution in [0.5, 0.6) is 5.75 Å². The van der Waals surface area contributed by atoms with E-state index in [1.165, 1.54) is 4.08 Å². The smallest absolute Gasteiger partial charge is 0.270 e. The molecule has 0 N–H and O–H groups in total. The van der Waals surface area contributed by atoms with Crippen LogP contribution in [0.2, 0.25) is 0 Å². The lowest BCUT2D eigenvalue weighted by Gasteiger charge is -2.27. The minimum Gasteiger partial charge on any atom is -0.442 e. The molecule has 0 aliphatic carbocycles. The Morgan fingerprint density at radius 2 is 1.50 bits per heavy atom. The number of aryl methyl sites for hydroxylation is 1. The summed E-state index contributed by atoms with van der Waals surface area (Å²) in [5.74, 6) is 0.496. The highest BCUT2D eigenvalue weighted by Gasteiger charge is 2.46. The Labute approximate surface area is 158 Å². The maximum Gasteiger partial charge on any atom is 0.270 e. The average Bonchev–Trinajstić information content (AvgIpc) is 2.96. The van der Waals surface area contributed by atoms with Gasteiger partial charge in [-0.3, -0.25) is 0 Å². The van der Waals surface area contributed by atoms with Crippen molar-refractivity contribution in [1.82, 2.24) is 0 Å². The van der Waals surface area contributed by atoms with Crippen LogP contribution in [-0.4, -0.2) is 8.42 Å². The third-order valence-electron chi connectivity index (χ3n) is 4.16. The van der Waals surface area contributed by atoms with E-state index in [0.29, 0.717) is 16.7 Å². The second kappa shape index (κ2) is 6.23. The van der Waals surface area contributed by atoms with Gasteiger partial charge in [-0.05, 0) is 55.1 Å². The van der Waals surface area contributed by atoms with Gasteiger partial charge in [0.15, 0.2) is 5.75 Å². The van der Waals surface area contributed by atoms with E-state index in [1.807, 2.05) is 43.3 Å². The molecule has 3 aromatic carbocycles. The first-order valence-corrected chi connectivity index (χ1v) is 12.1. The van der Waals surface area contributed by atoms with Crippen LogP contribution in [0.15, 0.2) is 83.8 Å². The zero-order chi connectivity index (χ0) is 18.4. The van der Waals surface area contributed by atoms with Crippen LogP contribution in [0.4, 0.5) is 5.69 Å². The normalized spacial score (nSPS) is 19.0. The number of sulfonamides is 1. The lowest BCUT2D eigenvalue weighted by Crippen LogP contribution is -2.30. The lowest BCUT2D eigenvalue weighted by atomic mass is 10.2. The van der Waals surface area contributed by atoms with Crippen molar-refractivity contribution >= 4 is 39.2 Å². The van der Waals surface area contributed by atoms with Gasteiger partial charge in [-0.25, -0.2) is 8.42 Å². The molecule has 0 aromatic heterocycles. The first kappa shape index (κ1) is 17.3. The molecule has 0 amide bonds. The van der Waals surface area contributed by atoms with E-state index in [1.54, 1.807) is 42.5 Å². The molecule has 132 valence electrons. The van der Waals surface area contributed by atoms with Crippen LogP contribution in [-0.2, 0) is 21.8 Å². The molecule has 0 radical (unpaired) electrons. The second-order valence-corrected chi connectivity index (χ2v) is 11.7. The first-order chi connectivity index (χ1) is 12.4. The van der Waals surface area contributed by atoms with Crippen molar-refractivity contribution in [3.63, 3.8) is 0 Å². The van der Waals surface area contributed by atoms with E-state index in [0.717, 1.165) is 5.56 Å². The van der Waals surface area contributed by atoms with Gasteiger partial charge in [0.05, 0.1) is 4.90 Å². The fourth-order valence-corrected chi connectivity index (χ4v) is 9.21. The first-order valence-electron chi connectivity index (χ1n) is 8.00. The Balaban J connectivity index is 1.95. The fourth-order valence-electron chi connectivity index (χ4n) is 2.86. The average molecular weight is 401 g/mol. The van der Waals surface area contributed by atoms with Gasteiger partial charge in [0.1, 0.15) is 5.69 Å². The molecule has 7 heteroatoms. The number of hydrogen-bond donors (Lipinski definition) is 0. The molecule has 1 heterocycles. The largest absolute Gasteiger partial charge is 0.442 e. The van der Waals surface area contributed by atoms with E-state index >= 15 is 0 Å². The Kier molecular flexibility index (Phi) is 4.14. The van der Waals surface area contributed by atoms with Crippen LogP contribution >= 0.6 is 6.42 Å². The maximum absolute atomic E-state index is 13.5. The summed E-state index contributed by atoms with van der Waals surface area (Å²) in [6, 6.07) is 23.1. The maximum atomic E-state index is 13.5. The van der Waals surface area contributed by atoms with Crippen molar-refractivity contribution < 1.29 is 12.9 Å². The minimum absolute atomic E-state index is 0.202. The molecular weight excluding hydrogens is 385 g/mol. The zero-order valence-corrected chi connectivity index (χ0v) is 16.5. The molecule has 26 heavy (non-hydrogen) atoms. The number of benzene rings is 3. The van der Waals surface area contributed by atoms with Crippen molar-refractivity contribution in [1.29, 1.82) is 0 Å². The standard InChI is InChI=1S/C19H16NO3PS2/c1-15-11-13-17(14-12-15)26(21,22)20-18-9-5-6-10-19(18)23-24(20,25)16-7-3-2-4-8-16/h2-14H,1H3. The Morgan fingerprint density at radius 3 is 2.19 bits per heavy atom. The van der Waals surface area contributed by atoms with Gasteiger partial charge < -0.3 is 4.52 Å². The number of para-hydroxylation sites is 2. The van der Waals surface area contributed by atoms with Crippen LogP contribution < -0.4 is 13.9 Å². The predicted molar refractivity (Wildman–Crippen MR) is 108 cm³/mol. The Morgan fingerprint density at radius 1 is 0.885 bits per heavy atom. The van der Waals surface area contributed by atoms with Gasteiger partial charge >= 0.3 is 0 Å². The zero-order valence-electron chi connectivity index (χ0n) is 13.9. The van der Waals surface area contributed by atoms with E-state index < -0.39 is 16.4 Å². The lowest BCUT2D eigenvalue weighted by molar-refractivity contribution is 0.597. The molecule has 0 spiro atoms. The molecule has 1 atom stereocenters. The summed E-state index contributed by atoms with van der Waals surface area (Å²) in [6.07, 6.45) is -3.03. The Hall–Kier alpha value is -2.14. The number of fused-ring (bicyclic) bond motifs is 1. The molecular formula is C19H16NO3PS2. The van der Waals surface area contributed by atoms with E-state index in [9.17, 15) is 8.42 Å². The van der Waals surface area contributed by atoms with E-state index in [-0.39, 0.29) is 4.90 Å². The van der Waals surface area contributed by atoms with Crippen LogP contribution in [0, 0.1) is 6.92 Å². The van der Waals surface area contributed by atoms with Gasteiger partial charge in [0, 0.05) is 5.30 Å². The summed E-state index contributed by atoms with van der Waals surface area (Å²) in [5.41, 5.74) is 1.48. The van der Waals surface area contributed by atoms with Crippen molar-refractivity contribution in [3.8, 4) is 5.75 Å². The van der Waals surface area contributed by atoms with Gasteiger partial charge in [0.25, 0.3) is 10.0 Å². The quantitative estimate of drug-likeness (QED) is 0.617. The van der Waals surface area contributed by atoms with E-state index in [4.69, 9.17) is 16.3 Å². The van der Waals surface area contributed by atoms with Crippen molar-refractivity contribution in [2.75, 3.05) is 4.08 Å². The molecule has 0 bridgehead atoms. The topological polar surface area (TPSA) is 46.6 Å². The molecule has 1 aliphatic heterocycles. The van der Waals surface area contributed by atoms with Crippen molar-refractivity contribution in [2.45, 2.75) is 11.8 Å². The van der Waals surface area contributed by atoms with Crippen LogP contribution in [0.1, 0.15) is 5.56 Å². The highest BCUT2D eigenvalue weighted by atomic mass is 32.5. The number of nitrogens with zero attached hydrogens (tertiary/aromatic N) is 1. The van der Waals surface area contributed by atoms with Crippen LogP contribution in [0.25, 0.3) is 0 Å². The van der Waals surface area contributed by atoms with Crippen molar-refractivity contribution in [3.05, 3.63) is 84.4 Å². The highest BCUT2D eigenvalue weighted by Crippen LogP contribution is 2.63. The molecule has 1 unspecified atom stereocenters. The number of anilines is 1. The predicted octanol–water partition coefficient (Wildman–Crippen LogP) is 4.22. The summed E-state index contributed by atoms with van der Waals surface area (Å²) >= 11 is 5.87. The van der Waals surface area contributed by atoms with Gasteiger partial charge in [-0.1, -0.05) is 48.0 Å². The third kappa shape index (κ3) is 2.65. The molecule has 4 nitrogen and oxygen atoms in total.